The highest BCUT2D eigenvalue weighted by Crippen LogP contribution is 2.37. The van der Waals surface area contributed by atoms with Gasteiger partial charge in [0, 0.05) is 0 Å². The van der Waals surface area contributed by atoms with Crippen molar-refractivity contribution in [2.45, 2.75) is 13.2 Å². The maximum Gasteiger partial charge on any atom is 0.200 e. The molecule has 0 saturated heterocycles. The highest BCUT2D eigenvalue weighted by atomic mass is 16.5. The Kier molecular flexibility index (Phi) is 3.95. The van der Waals surface area contributed by atoms with Crippen LogP contribution in [0.4, 0.5) is 0 Å². The van der Waals surface area contributed by atoms with Gasteiger partial charge in [0.25, 0.3) is 0 Å². The molecule has 21 heavy (non-hydrogen) atoms. The third-order valence-electron chi connectivity index (χ3n) is 2.80. The summed E-state index contributed by atoms with van der Waals surface area (Å²) in [6, 6.07) is 4.95. The summed E-state index contributed by atoms with van der Waals surface area (Å²) in [5.41, 5.74) is 0.852. The number of benzene rings is 2. The standard InChI is InChI=1S/C14H14O7/c15-9-1-7(2-10(16)13(9)19)5-21-6-8-3-11(17)14(20)12(18)4-8/h1-4,15-20H,5-6H2. The second-order valence-corrected chi connectivity index (χ2v) is 4.46. The summed E-state index contributed by atoms with van der Waals surface area (Å²) >= 11 is 0. The summed E-state index contributed by atoms with van der Waals surface area (Å²) in [5, 5.41) is 55.8. The van der Waals surface area contributed by atoms with Gasteiger partial charge in [0.1, 0.15) is 0 Å². The smallest absolute Gasteiger partial charge is 0.200 e. The van der Waals surface area contributed by atoms with Gasteiger partial charge in [-0.1, -0.05) is 0 Å². The number of phenols is 6. The highest BCUT2D eigenvalue weighted by molar-refractivity contribution is 5.51. The van der Waals surface area contributed by atoms with Crippen molar-refractivity contribution in [1.82, 2.24) is 0 Å². The predicted octanol–water partition coefficient (Wildman–Crippen LogP) is 1.64. The van der Waals surface area contributed by atoms with Gasteiger partial charge in [-0.3, -0.25) is 0 Å². The fraction of sp³-hybridized carbons (Fsp3) is 0.143. The van der Waals surface area contributed by atoms with Crippen LogP contribution in [0.3, 0.4) is 0 Å². The van der Waals surface area contributed by atoms with Crippen molar-refractivity contribution >= 4 is 0 Å². The van der Waals surface area contributed by atoms with Gasteiger partial charge in [-0.05, 0) is 35.4 Å². The minimum Gasteiger partial charge on any atom is -0.504 e. The Morgan fingerprint density at radius 1 is 0.571 bits per heavy atom. The van der Waals surface area contributed by atoms with Gasteiger partial charge in [0.05, 0.1) is 13.2 Å². The first kappa shape index (κ1) is 14.6. The zero-order valence-electron chi connectivity index (χ0n) is 10.8. The van der Waals surface area contributed by atoms with Gasteiger partial charge in [0.2, 0.25) is 0 Å². The molecule has 6 N–H and O–H groups in total. The van der Waals surface area contributed by atoms with E-state index in [4.69, 9.17) is 4.74 Å². The van der Waals surface area contributed by atoms with Crippen LogP contribution in [0.15, 0.2) is 24.3 Å². The Morgan fingerprint density at radius 2 is 0.857 bits per heavy atom. The molecular weight excluding hydrogens is 280 g/mol. The van der Waals surface area contributed by atoms with E-state index in [2.05, 4.69) is 0 Å². The lowest BCUT2D eigenvalue weighted by molar-refractivity contribution is 0.106. The lowest BCUT2D eigenvalue weighted by Crippen LogP contribution is -1.94. The molecule has 0 bridgehead atoms. The van der Waals surface area contributed by atoms with Gasteiger partial charge in [-0.15, -0.1) is 0 Å². The van der Waals surface area contributed by atoms with E-state index in [-0.39, 0.29) is 13.2 Å². The second-order valence-electron chi connectivity index (χ2n) is 4.46. The Balaban J connectivity index is 2.02. The molecule has 2 rings (SSSR count). The van der Waals surface area contributed by atoms with E-state index in [0.29, 0.717) is 11.1 Å². The maximum atomic E-state index is 9.34. The average Bonchev–Trinajstić information content (AvgIpc) is 2.42. The molecule has 2 aromatic rings. The Hall–Kier alpha value is -2.80. The van der Waals surface area contributed by atoms with Gasteiger partial charge in [-0.2, -0.15) is 0 Å². The quantitative estimate of drug-likeness (QED) is 0.472. The van der Waals surface area contributed by atoms with E-state index in [1.54, 1.807) is 0 Å². The molecule has 0 aliphatic carbocycles. The van der Waals surface area contributed by atoms with E-state index >= 15 is 0 Å². The Bertz CT molecular complexity index is 563. The molecule has 0 saturated carbocycles. The third-order valence-corrected chi connectivity index (χ3v) is 2.80. The minimum absolute atomic E-state index is 0.0177. The van der Waals surface area contributed by atoms with Crippen LogP contribution in [-0.4, -0.2) is 30.6 Å². The molecule has 7 nitrogen and oxygen atoms in total. The number of phenolic OH excluding ortho intramolecular Hbond substituents is 6. The Morgan fingerprint density at radius 3 is 1.14 bits per heavy atom. The summed E-state index contributed by atoms with van der Waals surface area (Å²) in [6.07, 6.45) is 0. The first-order valence-electron chi connectivity index (χ1n) is 5.94. The highest BCUT2D eigenvalue weighted by Gasteiger charge is 2.10. The van der Waals surface area contributed by atoms with Crippen molar-refractivity contribution in [2.75, 3.05) is 0 Å². The lowest BCUT2D eigenvalue weighted by Gasteiger charge is -2.09. The summed E-state index contributed by atoms with van der Waals surface area (Å²) < 4.78 is 5.30. The summed E-state index contributed by atoms with van der Waals surface area (Å²) in [7, 11) is 0. The van der Waals surface area contributed by atoms with E-state index in [1.807, 2.05) is 0 Å². The molecule has 0 amide bonds. The zero-order chi connectivity index (χ0) is 15.6. The van der Waals surface area contributed by atoms with Gasteiger partial charge in [-0.25, -0.2) is 0 Å². The predicted molar refractivity (Wildman–Crippen MR) is 71.4 cm³/mol. The van der Waals surface area contributed by atoms with Crippen molar-refractivity contribution in [3.05, 3.63) is 35.4 Å². The fourth-order valence-electron chi connectivity index (χ4n) is 1.78. The molecule has 0 fully saturated rings. The van der Waals surface area contributed by atoms with E-state index in [9.17, 15) is 30.6 Å². The number of aromatic hydroxyl groups is 6. The average molecular weight is 294 g/mol. The van der Waals surface area contributed by atoms with Crippen molar-refractivity contribution < 1.29 is 35.4 Å². The number of ether oxygens (including phenoxy) is 1. The topological polar surface area (TPSA) is 131 Å². The molecule has 0 spiro atoms. The molecule has 0 aliphatic heterocycles. The van der Waals surface area contributed by atoms with Crippen LogP contribution in [0.2, 0.25) is 0 Å². The molecule has 0 heterocycles. The van der Waals surface area contributed by atoms with Crippen molar-refractivity contribution in [2.24, 2.45) is 0 Å². The molecular formula is C14H14O7. The summed E-state index contributed by atoms with van der Waals surface area (Å²) in [6.45, 7) is 0.0353. The first-order valence-corrected chi connectivity index (χ1v) is 5.94. The van der Waals surface area contributed by atoms with Crippen LogP contribution >= 0.6 is 0 Å². The van der Waals surface area contributed by atoms with Crippen molar-refractivity contribution in [3.63, 3.8) is 0 Å². The summed E-state index contributed by atoms with van der Waals surface area (Å²) in [5.74, 6) is -3.07. The lowest BCUT2D eigenvalue weighted by atomic mass is 10.2. The van der Waals surface area contributed by atoms with Crippen LogP contribution in [0, 0.1) is 0 Å². The number of hydrogen-bond donors (Lipinski definition) is 6. The van der Waals surface area contributed by atoms with Crippen LogP contribution in [-0.2, 0) is 18.0 Å². The monoisotopic (exact) mass is 294 g/mol. The normalized spacial score (nSPS) is 10.7. The van der Waals surface area contributed by atoms with Crippen LogP contribution in [0.25, 0.3) is 0 Å². The van der Waals surface area contributed by atoms with Crippen LogP contribution < -0.4 is 0 Å². The number of rotatable bonds is 4. The van der Waals surface area contributed by atoms with Crippen molar-refractivity contribution in [1.29, 1.82) is 0 Å². The first-order chi connectivity index (χ1) is 9.88. The second kappa shape index (κ2) is 5.68. The molecule has 0 radical (unpaired) electrons. The molecule has 7 heteroatoms. The van der Waals surface area contributed by atoms with Crippen LogP contribution in [0.5, 0.6) is 34.5 Å². The van der Waals surface area contributed by atoms with Crippen molar-refractivity contribution in [3.8, 4) is 34.5 Å². The molecule has 0 unspecified atom stereocenters. The molecule has 2 aromatic carbocycles. The Labute approximate surface area is 119 Å². The van der Waals surface area contributed by atoms with E-state index in [1.165, 1.54) is 24.3 Å². The van der Waals surface area contributed by atoms with Crippen LogP contribution in [0.1, 0.15) is 11.1 Å². The number of hydrogen-bond acceptors (Lipinski definition) is 7. The maximum absolute atomic E-state index is 9.34. The zero-order valence-corrected chi connectivity index (χ0v) is 10.8. The molecule has 0 aliphatic rings. The summed E-state index contributed by atoms with van der Waals surface area (Å²) in [4.78, 5) is 0. The fourth-order valence-corrected chi connectivity index (χ4v) is 1.78. The molecule has 0 aromatic heterocycles. The SMILES string of the molecule is Oc1cc(COCc2cc(O)c(O)c(O)c2)cc(O)c1O. The van der Waals surface area contributed by atoms with E-state index in [0.717, 1.165) is 0 Å². The van der Waals surface area contributed by atoms with Gasteiger partial charge in [0.15, 0.2) is 34.5 Å². The van der Waals surface area contributed by atoms with E-state index < -0.39 is 34.5 Å². The molecule has 112 valence electrons. The van der Waals surface area contributed by atoms with Gasteiger partial charge >= 0.3 is 0 Å². The largest absolute Gasteiger partial charge is 0.504 e. The minimum atomic E-state index is -0.605. The molecule has 0 atom stereocenters. The third kappa shape index (κ3) is 3.21. The van der Waals surface area contributed by atoms with Gasteiger partial charge < -0.3 is 35.4 Å².